The van der Waals surface area contributed by atoms with E-state index >= 15 is 0 Å². The molecular weight excluding hydrogens is 276 g/mol. The first-order valence-corrected chi connectivity index (χ1v) is 6.60. The Labute approximate surface area is 122 Å². The van der Waals surface area contributed by atoms with Crippen LogP contribution in [0.4, 0.5) is 10.5 Å². The molecule has 0 aliphatic carbocycles. The SMILES string of the molecule is O=C(NCCc1ccc(O)cc1)Nc1ccccc1Cl. The predicted octanol–water partition coefficient (Wildman–Crippen LogP) is 3.41. The Hall–Kier alpha value is -2.20. The highest BCUT2D eigenvalue weighted by molar-refractivity contribution is 6.33. The molecule has 0 heterocycles. The maximum absolute atomic E-state index is 11.7. The van der Waals surface area contributed by atoms with Gasteiger partial charge in [0.05, 0.1) is 10.7 Å². The molecule has 0 saturated heterocycles. The molecule has 0 radical (unpaired) electrons. The van der Waals surface area contributed by atoms with E-state index in [0.717, 1.165) is 5.56 Å². The lowest BCUT2D eigenvalue weighted by Crippen LogP contribution is -2.30. The Morgan fingerprint density at radius 1 is 1.10 bits per heavy atom. The Balaban J connectivity index is 1.78. The van der Waals surface area contributed by atoms with Gasteiger partial charge >= 0.3 is 6.03 Å². The molecule has 0 aliphatic rings. The zero-order chi connectivity index (χ0) is 14.4. The Morgan fingerprint density at radius 2 is 1.80 bits per heavy atom. The van der Waals surface area contributed by atoms with Crippen molar-refractivity contribution in [3.05, 3.63) is 59.1 Å². The summed E-state index contributed by atoms with van der Waals surface area (Å²) in [5.41, 5.74) is 1.62. The summed E-state index contributed by atoms with van der Waals surface area (Å²) in [6, 6.07) is 13.7. The predicted molar refractivity (Wildman–Crippen MR) is 80.3 cm³/mol. The van der Waals surface area contributed by atoms with Gasteiger partial charge < -0.3 is 15.7 Å². The number of hydrogen-bond donors (Lipinski definition) is 3. The molecule has 4 nitrogen and oxygen atoms in total. The number of para-hydroxylation sites is 1. The summed E-state index contributed by atoms with van der Waals surface area (Å²) in [5, 5.41) is 15.1. The highest BCUT2D eigenvalue weighted by Crippen LogP contribution is 2.20. The molecule has 0 saturated carbocycles. The van der Waals surface area contributed by atoms with Crippen molar-refractivity contribution in [2.24, 2.45) is 0 Å². The number of phenols is 1. The van der Waals surface area contributed by atoms with Crippen LogP contribution < -0.4 is 10.6 Å². The summed E-state index contributed by atoms with van der Waals surface area (Å²) in [5.74, 6) is 0.234. The fourth-order valence-corrected chi connectivity index (χ4v) is 1.90. The molecule has 2 rings (SSSR count). The average molecular weight is 291 g/mol. The number of carbonyl (C=O) groups excluding carboxylic acids is 1. The molecule has 2 amide bonds. The van der Waals surface area contributed by atoms with Gasteiger partial charge in [0.2, 0.25) is 0 Å². The minimum absolute atomic E-state index is 0.234. The quantitative estimate of drug-likeness (QED) is 0.808. The lowest BCUT2D eigenvalue weighted by molar-refractivity contribution is 0.252. The molecule has 3 N–H and O–H groups in total. The van der Waals surface area contributed by atoms with Gasteiger partial charge in [0.25, 0.3) is 0 Å². The van der Waals surface area contributed by atoms with Crippen LogP contribution in [0, 0.1) is 0 Å². The molecule has 5 heteroatoms. The van der Waals surface area contributed by atoms with Crippen molar-refractivity contribution < 1.29 is 9.90 Å². The normalized spacial score (nSPS) is 10.1. The zero-order valence-corrected chi connectivity index (χ0v) is 11.5. The highest BCUT2D eigenvalue weighted by atomic mass is 35.5. The average Bonchev–Trinajstić information content (AvgIpc) is 2.44. The topological polar surface area (TPSA) is 61.4 Å². The van der Waals surface area contributed by atoms with Crippen molar-refractivity contribution in [2.45, 2.75) is 6.42 Å². The summed E-state index contributed by atoms with van der Waals surface area (Å²) in [4.78, 5) is 11.7. The molecule has 0 atom stereocenters. The molecule has 2 aromatic carbocycles. The summed E-state index contributed by atoms with van der Waals surface area (Å²) in [6.07, 6.45) is 0.691. The summed E-state index contributed by atoms with van der Waals surface area (Å²) in [6.45, 7) is 0.501. The number of benzene rings is 2. The fraction of sp³-hybridized carbons (Fsp3) is 0.133. The van der Waals surface area contributed by atoms with Gasteiger partial charge in [-0.15, -0.1) is 0 Å². The van der Waals surface area contributed by atoms with Crippen LogP contribution in [-0.4, -0.2) is 17.7 Å². The first-order chi connectivity index (χ1) is 9.65. The van der Waals surface area contributed by atoms with Crippen LogP contribution in [0.5, 0.6) is 5.75 Å². The Kier molecular flexibility index (Phi) is 4.85. The number of carbonyl (C=O) groups is 1. The van der Waals surface area contributed by atoms with Crippen molar-refractivity contribution in [2.75, 3.05) is 11.9 Å². The second kappa shape index (κ2) is 6.82. The minimum atomic E-state index is -0.295. The molecule has 0 spiro atoms. The fourth-order valence-electron chi connectivity index (χ4n) is 1.71. The van der Waals surface area contributed by atoms with Gasteiger partial charge in [-0.3, -0.25) is 0 Å². The highest BCUT2D eigenvalue weighted by Gasteiger charge is 2.04. The third-order valence-corrected chi connectivity index (χ3v) is 3.09. The second-order valence-electron chi connectivity index (χ2n) is 4.28. The third kappa shape index (κ3) is 4.17. The van der Waals surface area contributed by atoms with E-state index in [9.17, 15) is 4.79 Å². The van der Waals surface area contributed by atoms with E-state index in [1.54, 1.807) is 36.4 Å². The van der Waals surface area contributed by atoms with E-state index in [0.29, 0.717) is 23.7 Å². The molecule has 0 fully saturated rings. The van der Waals surface area contributed by atoms with Crippen LogP contribution in [0.1, 0.15) is 5.56 Å². The van der Waals surface area contributed by atoms with Gasteiger partial charge in [-0.05, 0) is 36.2 Å². The van der Waals surface area contributed by atoms with Crippen LogP contribution in [0.2, 0.25) is 5.02 Å². The molecular formula is C15H15ClN2O2. The number of aromatic hydroxyl groups is 1. The van der Waals surface area contributed by atoms with Crippen molar-refractivity contribution in [1.29, 1.82) is 0 Å². The Bertz CT molecular complexity index is 585. The zero-order valence-electron chi connectivity index (χ0n) is 10.8. The van der Waals surface area contributed by atoms with E-state index in [4.69, 9.17) is 16.7 Å². The van der Waals surface area contributed by atoms with Crippen molar-refractivity contribution in [3.8, 4) is 5.75 Å². The van der Waals surface area contributed by atoms with Crippen LogP contribution >= 0.6 is 11.6 Å². The standard InChI is InChI=1S/C15H15ClN2O2/c16-13-3-1-2-4-14(13)18-15(20)17-10-9-11-5-7-12(19)8-6-11/h1-8,19H,9-10H2,(H2,17,18,20). The van der Waals surface area contributed by atoms with Crippen molar-refractivity contribution in [3.63, 3.8) is 0 Å². The van der Waals surface area contributed by atoms with E-state index in [1.165, 1.54) is 0 Å². The molecule has 2 aromatic rings. The van der Waals surface area contributed by atoms with E-state index < -0.39 is 0 Å². The summed E-state index contributed by atoms with van der Waals surface area (Å²) >= 11 is 5.95. The number of anilines is 1. The largest absolute Gasteiger partial charge is 0.508 e. The van der Waals surface area contributed by atoms with E-state index in [-0.39, 0.29) is 11.8 Å². The smallest absolute Gasteiger partial charge is 0.319 e. The van der Waals surface area contributed by atoms with E-state index in [2.05, 4.69) is 10.6 Å². The number of urea groups is 1. The van der Waals surface area contributed by atoms with Crippen molar-refractivity contribution >= 4 is 23.3 Å². The number of nitrogens with one attached hydrogen (secondary N) is 2. The lowest BCUT2D eigenvalue weighted by Gasteiger charge is -2.08. The Morgan fingerprint density at radius 3 is 2.50 bits per heavy atom. The first kappa shape index (κ1) is 14.2. The van der Waals surface area contributed by atoms with Crippen LogP contribution in [-0.2, 0) is 6.42 Å². The number of amides is 2. The first-order valence-electron chi connectivity index (χ1n) is 6.22. The molecule has 104 valence electrons. The monoisotopic (exact) mass is 290 g/mol. The molecule has 0 bridgehead atoms. The third-order valence-electron chi connectivity index (χ3n) is 2.76. The molecule has 0 unspecified atom stereocenters. The summed E-state index contributed by atoms with van der Waals surface area (Å²) in [7, 11) is 0. The minimum Gasteiger partial charge on any atom is -0.508 e. The van der Waals surface area contributed by atoms with Crippen LogP contribution in [0.15, 0.2) is 48.5 Å². The van der Waals surface area contributed by atoms with Gasteiger partial charge in [-0.25, -0.2) is 4.79 Å². The van der Waals surface area contributed by atoms with Crippen LogP contribution in [0.25, 0.3) is 0 Å². The maximum atomic E-state index is 11.7. The molecule has 0 aromatic heterocycles. The van der Waals surface area contributed by atoms with Crippen LogP contribution in [0.3, 0.4) is 0 Å². The van der Waals surface area contributed by atoms with Crippen molar-refractivity contribution in [1.82, 2.24) is 5.32 Å². The molecule has 20 heavy (non-hydrogen) atoms. The second-order valence-corrected chi connectivity index (χ2v) is 4.68. The van der Waals surface area contributed by atoms with Gasteiger partial charge in [0, 0.05) is 6.54 Å². The number of phenolic OH excluding ortho intramolecular Hbond substituents is 1. The summed E-state index contributed by atoms with van der Waals surface area (Å²) < 4.78 is 0. The maximum Gasteiger partial charge on any atom is 0.319 e. The van der Waals surface area contributed by atoms with E-state index in [1.807, 2.05) is 12.1 Å². The van der Waals surface area contributed by atoms with Gasteiger partial charge in [-0.1, -0.05) is 35.9 Å². The van der Waals surface area contributed by atoms with Gasteiger partial charge in [0.15, 0.2) is 0 Å². The number of rotatable bonds is 4. The van der Waals surface area contributed by atoms with Gasteiger partial charge in [0.1, 0.15) is 5.75 Å². The van der Waals surface area contributed by atoms with Gasteiger partial charge in [-0.2, -0.15) is 0 Å². The number of hydrogen-bond acceptors (Lipinski definition) is 2. The lowest BCUT2D eigenvalue weighted by atomic mass is 10.1. The number of halogens is 1. The molecule has 0 aliphatic heterocycles.